The predicted molar refractivity (Wildman–Crippen MR) is 72.3 cm³/mol. The lowest BCUT2D eigenvalue weighted by atomic mass is 10.5. The van der Waals surface area contributed by atoms with Crippen molar-refractivity contribution in [3.05, 3.63) is 0 Å². The summed E-state index contributed by atoms with van der Waals surface area (Å²) in [4.78, 5) is 0. The van der Waals surface area contributed by atoms with E-state index in [1.54, 1.807) is 0 Å². The fraction of sp³-hybridized carbons (Fsp3) is 1.00. The molecule has 0 aromatic heterocycles. The summed E-state index contributed by atoms with van der Waals surface area (Å²) >= 11 is 0. The highest BCUT2D eigenvalue weighted by atomic mass is 28.3. The molecule has 4 N–H and O–H groups in total. The van der Waals surface area contributed by atoms with E-state index in [2.05, 4.69) is 0 Å². The van der Waals surface area contributed by atoms with Crippen molar-refractivity contribution in [3.8, 4) is 0 Å². The van der Waals surface area contributed by atoms with Gasteiger partial charge in [-0.2, -0.15) is 0 Å². The smallest absolute Gasteiger partial charge is 0.319 e. The molecule has 0 fully saturated rings. The first-order chi connectivity index (χ1) is 8.20. The van der Waals surface area contributed by atoms with Crippen molar-refractivity contribution in [3.63, 3.8) is 0 Å². The van der Waals surface area contributed by atoms with Crippen LogP contribution in [0.15, 0.2) is 0 Å². The van der Waals surface area contributed by atoms with Crippen LogP contribution in [0.2, 0.25) is 13.1 Å². The van der Waals surface area contributed by atoms with E-state index in [-0.39, 0.29) is 6.79 Å². The Hall–Kier alpha value is 0.194. The van der Waals surface area contributed by atoms with E-state index in [1.807, 2.05) is 13.1 Å². The second-order valence-corrected chi connectivity index (χ2v) is 7.22. The minimum Gasteiger partial charge on any atom is -0.397 e. The minimum atomic E-state index is -1.56. The van der Waals surface area contributed by atoms with Crippen LogP contribution in [0.25, 0.3) is 0 Å². The fourth-order valence-electron chi connectivity index (χ4n) is 0.992. The molecule has 0 bridgehead atoms. The van der Waals surface area contributed by atoms with E-state index in [0.29, 0.717) is 26.3 Å². The van der Waals surface area contributed by atoms with E-state index in [4.69, 9.17) is 29.2 Å². The van der Waals surface area contributed by atoms with Crippen LogP contribution in [0, 0.1) is 0 Å². The van der Waals surface area contributed by atoms with Gasteiger partial charge in [-0.05, 0) is 39.0 Å². The number of rotatable bonds is 12. The summed E-state index contributed by atoms with van der Waals surface area (Å²) in [5.74, 6) is 0. The Morgan fingerprint density at radius 1 is 0.765 bits per heavy atom. The molecule has 0 aromatic rings. The van der Waals surface area contributed by atoms with Crippen LogP contribution >= 0.6 is 0 Å². The number of nitrogens with two attached hydrogens (primary N) is 2. The van der Waals surface area contributed by atoms with Gasteiger partial charge in [-0.1, -0.05) is 0 Å². The average molecular weight is 282 g/mol. The fourth-order valence-corrected chi connectivity index (χ4v) is 2.88. The Kier molecular flexibility index (Phi) is 12.8. The standard InChI is InChI=1S/C9H26N2O4Si2/c1-16(12-7-3-5-10)14-9-15-17(2)13-8-4-6-11/h16-17H,3-11H2,1-2H3. The summed E-state index contributed by atoms with van der Waals surface area (Å²) in [6.07, 6.45) is 1.74. The summed E-state index contributed by atoms with van der Waals surface area (Å²) in [5.41, 5.74) is 10.7. The van der Waals surface area contributed by atoms with Crippen LogP contribution in [0.3, 0.4) is 0 Å². The second-order valence-electron chi connectivity index (χ2n) is 3.61. The Morgan fingerprint density at radius 2 is 1.18 bits per heavy atom. The first-order valence-corrected chi connectivity index (χ1v) is 10.3. The molecule has 0 saturated carbocycles. The van der Waals surface area contributed by atoms with Gasteiger partial charge in [-0.15, -0.1) is 0 Å². The maximum atomic E-state index is 5.48. The summed E-state index contributed by atoms with van der Waals surface area (Å²) in [5, 5.41) is 0. The predicted octanol–water partition coefficient (Wildman–Crippen LogP) is -0.591. The molecule has 2 atom stereocenters. The molecule has 0 aliphatic carbocycles. The molecule has 0 rings (SSSR count). The Bertz CT molecular complexity index is 152. The average Bonchev–Trinajstić information content (AvgIpc) is 2.30. The first kappa shape index (κ1) is 17.2. The third-order valence-corrected chi connectivity index (χ3v) is 4.63. The molecule has 6 nitrogen and oxygen atoms in total. The molecular weight excluding hydrogens is 256 g/mol. The van der Waals surface area contributed by atoms with Gasteiger partial charge >= 0.3 is 18.6 Å². The number of hydrogen-bond donors (Lipinski definition) is 2. The Morgan fingerprint density at radius 3 is 1.53 bits per heavy atom. The van der Waals surface area contributed by atoms with Crippen LogP contribution in [0.5, 0.6) is 0 Å². The van der Waals surface area contributed by atoms with Crippen molar-refractivity contribution in [1.29, 1.82) is 0 Å². The summed E-state index contributed by atoms with van der Waals surface area (Å²) in [6, 6.07) is 0. The van der Waals surface area contributed by atoms with Crippen LogP contribution in [0.4, 0.5) is 0 Å². The van der Waals surface area contributed by atoms with Crippen molar-refractivity contribution in [2.24, 2.45) is 11.5 Å². The largest absolute Gasteiger partial charge is 0.397 e. The number of hydrogen-bond acceptors (Lipinski definition) is 6. The summed E-state index contributed by atoms with van der Waals surface area (Å²) < 4.78 is 21.9. The van der Waals surface area contributed by atoms with E-state index in [9.17, 15) is 0 Å². The molecule has 0 aromatic carbocycles. The van der Waals surface area contributed by atoms with Crippen molar-refractivity contribution < 1.29 is 17.7 Å². The normalized spacial score (nSPS) is 14.8. The van der Waals surface area contributed by atoms with Gasteiger partial charge in [0.1, 0.15) is 6.79 Å². The van der Waals surface area contributed by atoms with Crippen LogP contribution in [-0.4, -0.2) is 51.7 Å². The maximum Gasteiger partial charge on any atom is 0.319 e. The van der Waals surface area contributed by atoms with Crippen LogP contribution < -0.4 is 11.5 Å². The zero-order valence-electron chi connectivity index (χ0n) is 10.9. The lowest BCUT2D eigenvalue weighted by Crippen LogP contribution is -2.26. The summed E-state index contributed by atoms with van der Waals surface area (Å²) in [6.45, 7) is 6.86. The molecule has 0 radical (unpaired) electrons. The highest BCUT2D eigenvalue weighted by Crippen LogP contribution is 1.95. The molecular formula is C9H26N2O4Si2. The molecule has 0 saturated heterocycles. The first-order valence-electron chi connectivity index (χ1n) is 6.07. The molecule has 2 unspecified atom stereocenters. The van der Waals surface area contributed by atoms with Gasteiger partial charge in [0, 0.05) is 13.2 Å². The van der Waals surface area contributed by atoms with Crippen molar-refractivity contribution in [2.75, 3.05) is 33.1 Å². The van der Waals surface area contributed by atoms with Gasteiger partial charge in [0.15, 0.2) is 0 Å². The molecule has 0 aliphatic rings. The topological polar surface area (TPSA) is 89.0 Å². The zero-order chi connectivity index (χ0) is 12.9. The quantitative estimate of drug-likeness (QED) is 0.282. The lowest BCUT2D eigenvalue weighted by molar-refractivity contribution is 0.0620. The monoisotopic (exact) mass is 282 g/mol. The van der Waals surface area contributed by atoms with Crippen LogP contribution in [-0.2, 0) is 17.7 Å². The van der Waals surface area contributed by atoms with Gasteiger partial charge in [-0.3, -0.25) is 0 Å². The Labute approximate surface area is 107 Å². The van der Waals surface area contributed by atoms with Gasteiger partial charge < -0.3 is 29.2 Å². The lowest BCUT2D eigenvalue weighted by Gasteiger charge is -2.15. The van der Waals surface area contributed by atoms with Gasteiger partial charge in [-0.25, -0.2) is 0 Å². The zero-order valence-corrected chi connectivity index (χ0v) is 13.2. The van der Waals surface area contributed by atoms with Crippen molar-refractivity contribution in [2.45, 2.75) is 25.9 Å². The van der Waals surface area contributed by atoms with Gasteiger partial charge in [0.2, 0.25) is 0 Å². The van der Waals surface area contributed by atoms with E-state index < -0.39 is 18.6 Å². The molecule has 0 spiro atoms. The third kappa shape index (κ3) is 12.4. The third-order valence-electron chi connectivity index (χ3n) is 2.01. The van der Waals surface area contributed by atoms with Gasteiger partial charge in [0.05, 0.1) is 0 Å². The molecule has 0 aliphatic heterocycles. The van der Waals surface area contributed by atoms with Crippen molar-refractivity contribution in [1.82, 2.24) is 0 Å². The SMILES string of the molecule is C[SiH](OCCCN)OCO[SiH](C)OCCCN. The van der Waals surface area contributed by atoms with Crippen molar-refractivity contribution >= 4 is 18.6 Å². The van der Waals surface area contributed by atoms with E-state index in [0.717, 1.165) is 12.8 Å². The van der Waals surface area contributed by atoms with Crippen LogP contribution in [0.1, 0.15) is 12.8 Å². The molecule has 0 amide bonds. The molecule has 0 heterocycles. The minimum absolute atomic E-state index is 0.270. The highest BCUT2D eigenvalue weighted by molar-refractivity contribution is 6.43. The molecule has 8 heteroatoms. The highest BCUT2D eigenvalue weighted by Gasteiger charge is 2.08. The summed E-state index contributed by atoms with van der Waals surface area (Å²) in [7, 11) is -3.12. The van der Waals surface area contributed by atoms with E-state index >= 15 is 0 Å². The molecule has 17 heavy (non-hydrogen) atoms. The van der Waals surface area contributed by atoms with Gasteiger partial charge in [0.25, 0.3) is 0 Å². The molecule has 104 valence electrons. The second kappa shape index (κ2) is 12.6. The maximum absolute atomic E-state index is 5.48. The van der Waals surface area contributed by atoms with E-state index in [1.165, 1.54) is 0 Å². The Balaban J connectivity index is 3.29.